The Hall–Kier alpha value is -1.31. The molecule has 0 heterocycles. The number of esters is 1. The molecule has 0 fully saturated rings. The second kappa shape index (κ2) is 5.13. The van der Waals surface area contributed by atoms with Crippen LogP contribution in [0.1, 0.15) is 57.5 Å². The summed E-state index contributed by atoms with van der Waals surface area (Å²) in [7, 11) is 0. The lowest BCUT2D eigenvalue weighted by atomic mass is 9.88. The van der Waals surface area contributed by atoms with Crippen molar-refractivity contribution in [1.82, 2.24) is 0 Å². The number of carbonyl (C=O) groups excluding carboxylic acids is 1. The van der Waals surface area contributed by atoms with Crippen LogP contribution in [0.15, 0.2) is 24.3 Å². The predicted molar refractivity (Wildman–Crippen MR) is 74.8 cm³/mol. The van der Waals surface area contributed by atoms with Crippen molar-refractivity contribution in [1.29, 1.82) is 0 Å². The van der Waals surface area contributed by atoms with Crippen LogP contribution in [0.2, 0.25) is 0 Å². The zero-order chi connectivity index (χ0) is 14.0. The third kappa shape index (κ3) is 5.35. The Morgan fingerprint density at radius 2 is 1.50 bits per heavy atom. The molecule has 0 N–H and O–H groups in total. The van der Waals surface area contributed by atoms with Crippen LogP contribution in [-0.4, -0.2) is 11.6 Å². The molecule has 0 amide bonds. The predicted octanol–water partition coefficient (Wildman–Crippen LogP) is 4.23. The van der Waals surface area contributed by atoms with Gasteiger partial charge >= 0.3 is 5.97 Å². The quantitative estimate of drug-likeness (QED) is 0.732. The summed E-state index contributed by atoms with van der Waals surface area (Å²) in [4.78, 5) is 11.8. The van der Waals surface area contributed by atoms with E-state index in [1.165, 1.54) is 5.56 Å². The average Bonchev–Trinajstić information content (AvgIpc) is 2.13. The van der Waals surface area contributed by atoms with Gasteiger partial charge in [0.25, 0.3) is 0 Å². The van der Waals surface area contributed by atoms with E-state index in [0.29, 0.717) is 5.56 Å². The molecule has 100 valence electrons. The molecule has 0 radical (unpaired) electrons. The number of ether oxygens (including phenoxy) is 1. The van der Waals surface area contributed by atoms with Gasteiger partial charge in [0.15, 0.2) is 0 Å². The van der Waals surface area contributed by atoms with Crippen LogP contribution in [0, 0.1) is 5.41 Å². The Morgan fingerprint density at radius 3 is 1.89 bits per heavy atom. The highest BCUT2D eigenvalue weighted by molar-refractivity contribution is 5.89. The minimum absolute atomic E-state index is 0.257. The summed E-state index contributed by atoms with van der Waals surface area (Å²) in [5.41, 5.74) is 1.67. The van der Waals surface area contributed by atoms with Crippen LogP contribution in [0.3, 0.4) is 0 Å². The molecule has 0 unspecified atom stereocenters. The number of benzene rings is 1. The molecule has 0 aromatic heterocycles. The van der Waals surface area contributed by atoms with E-state index in [-0.39, 0.29) is 11.4 Å². The molecule has 0 saturated heterocycles. The highest BCUT2D eigenvalue weighted by Crippen LogP contribution is 2.21. The van der Waals surface area contributed by atoms with Crippen LogP contribution in [0.25, 0.3) is 0 Å². The molecule has 2 heteroatoms. The van der Waals surface area contributed by atoms with Crippen LogP contribution < -0.4 is 0 Å². The topological polar surface area (TPSA) is 26.3 Å². The first-order valence-electron chi connectivity index (χ1n) is 6.39. The molecule has 1 rings (SSSR count). The molecule has 0 atom stereocenters. The normalized spacial score (nSPS) is 12.3. The SMILES string of the molecule is CC(C)(C)Cc1ccc(C(=O)OC(C)(C)C)cc1. The summed E-state index contributed by atoms with van der Waals surface area (Å²) in [6, 6.07) is 7.69. The van der Waals surface area contributed by atoms with Gasteiger partial charge in [-0.1, -0.05) is 32.9 Å². The van der Waals surface area contributed by atoms with Crippen LogP contribution >= 0.6 is 0 Å². The molecule has 0 bridgehead atoms. The minimum atomic E-state index is -0.443. The van der Waals surface area contributed by atoms with E-state index >= 15 is 0 Å². The van der Waals surface area contributed by atoms with Gasteiger partial charge < -0.3 is 4.74 Å². The maximum atomic E-state index is 11.8. The van der Waals surface area contributed by atoms with E-state index < -0.39 is 5.60 Å². The molecule has 0 aliphatic carbocycles. The standard InChI is InChI=1S/C16H24O2/c1-15(2,3)11-12-7-9-13(10-8-12)14(17)18-16(4,5)6/h7-10H,11H2,1-6H3. The van der Waals surface area contributed by atoms with Crippen LogP contribution in [0.5, 0.6) is 0 Å². The van der Waals surface area contributed by atoms with E-state index in [1.807, 2.05) is 45.0 Å². The van der Waals surface area contributed by atoms with Crippen molar-refractivity contribution in [2.45, 2.75) is 53.6 Å². The highest BCUT2D eigenvalue weighted by atomic mass is 16.6. The number of hydrogen-bond donors (Lipinski definition) is 0. The Balaban J connectivity index is 2.74. The average molecular weight is 248 g/mol. The van der Waals surface area contributed by atoms with Gasteiger partial charge in [0.1, 0.15) is 5.60 Å². The lowest BCUT2D eigenvalue weighted by molar-refractivity contribution is 0.00695. The summed E-state index contributed by atoms with van der Waals surface area (Å²) < 4.78 is 5.33. The minimum Gasteiger partial charge on any atom is -0.456 e. The first-order chi connectivity index (χ1) is 8.07. The van der Waals surface area contributed by atoms with Gasteiger partial charge in [-0.2, -0.15) is 0 Å². The molecule has 18 heavy (non-hydrogen) atoms. The lowest BCUT2D eigenvalue weighted by Crippen LogP contribution is -2.23. The van der Waals surface area contributed by atoms with Gasteiger partial charge in [0.2, 0.25) is 0 Å². The maximum Gasteiger partial charge on any atom is 0.338 e. The Morgan fingerprint density at radius 1 is 1.00 bits per heavy atom. The van der Waals surface area contributed by atoms with Crippen LogP contribution in [-0.2, 0) is 11.2 Å². The van der Waals surface area contributed by atoms with Crippen molar-refractivity contribution in [2.24, 2.45) is 5.41 Å². The molecule has 0 aliphatic rings. The maximum absolute atomic E-state index is 11.8. The molecule has 0 aliphatic heterocycles. The number of rotatable bonds is 2. The third-order valence-electron chi connectivity index (χ3n) is 2.32. The summed E-state index contributed by atoms with van der Waals surface area (Å²) >= 11 is 0. The highest BCUT2D eigenvalue weighted by Gasteiger charge is 2.18. The number of hydrogen-bond acceptors (Lipinski definition) is 2. The second-order valence-corrected chi connectivity index (χ2v) is 6.94. The molecule has 1 aromatic rings. The van der Waals surface area contributed by atoms with Gasteiger partial charge in [-0.25, -0.2) is 4.79 Å². The summed E-state index contributed by atoms with van der Waals surface area (Å²) in [5, 5.41) is 0. The fraction of sp³-hybridized carbons (Fsp3) is 0.562. The Kier molecular flexibility index (Phi) is 4.20. The van der Waals surface area contributed by atoms with E-state index in [9.17, 15) is 4.79 Å². The summed E-state index contributed by atoms with van der Waals surface area (Å²) in [5.74, 6) is -0.259. The fourth-order valence-electron chi connectivity index (χ4n) is 1.71. The molecule has 0 saturated carbocycles. The lowest BCUT2D eigenvalue weighted by Gasteiger charge is -2.20. The van der Waals surface area contributed by atoms with Crippen molar-refractivity contribution in [2.75, 3.05) is 0 Å². The van der Waals surface area contributed by atoms with Gasteiger partial charge in [0.05, 0.1) is 5.56 Å². The summed E-state index contributed by atoms with van der Waals surface area (Å²) in [6.45, 7) is 12.2. The second-order valence-electron chi connectivity index (χ2n) is 6.94. The smallest absolute Gasteiger partial charge is 0.338 e. The molecule has 2 nitrogen and oxygen atoms in total. The zero-order valence-electron chi connectivity index (χ0n) is 12.3. The fourth-order valence-corrected chi connectivity index (χ4v) is 1.71. The largest absolute Gasteiger partial charge is 0.456 e. The monoisotopic (exact) mass is 248 g/mol. The van der Waals surface area contributed by atoms with E-state index in [1.54, 1.807) is 0 Å². The molecular formula is C16H24O2. The third-order valence-corrected chi connectivity index (χ3v) is 2.32. The number of carbonyl (C=O) groups is 1. The first-order valence-corrected chi connectivity index (χ1v) is 6.39. The van der Waals surface area contributed by atoms with Crippen molar-refractivity contribution in [3.63, 3.8) is 0 Å². The zero-order valence-corrected chi connectivity index (χ0v) is 12.3. The van der Waals surface area contributed by atoms with Gasteiger partial charge in [-0.15, -0.1) is 0 Å². The van der Waals surface area contributed by atoms with Gasteiger partial charge in [-0.3, -0.25) is 0 Å². The molecule has 1 aromatic carbocycles. The van der Waals surface area contributed by atoms with E-state index in [4.69, 9.17) is 4.74 Å². The van der Waals surface area contributed by atoms with Crippen molar-refractivity contribution < 1.29 is 9.53 Å². The molecular weight excluding hydrogens is 224 g/mol. The van der Waals surface area contributed by atoms with Gasteiger partial charge in [0, 0.05) is 0 Å². The van der Waals surface area contributed by atoms with Crippen LogP contribution in [0.4, 0.5) is 0 Å². The van der Waals surface area contributed by atoms with E-state index in [2.05, 4.69) is 20.8 Å². The van der Waals surface area contributed by atoms with E-state index in [0.717, 1.165) is 6.42 Å². The first kappa shape index (κ1) is 14.7. The van der Waals surface area contributed by atoms with Crippen molar-refractivity contribution >= 4 is 5.97 Å². The Labute approximate surface area is 110 Å². The van der Waals surface area contributed by atoms with Crippen molar-refractivity contribution in [3.8, 4) is 0 Å². The summed E-state index contributed by atoms with van der Waals surface area (Å²) in [6.07, 6.45) is 1.00. The van der Waals surface area contributed by atoms with Crippen molar-refractivity contribution in [3.05, 3.63) is 35.4 Å². The van der Waals surface area contributed by atoms with Gasteiger partial charge in [-0.05, 0) is 50.3 Å². The molecule has 0 spiro atoms. The Bertz CT molecular complexity index is 402.